The zero-order valence-electron chi connectivity index (χ0n) is 46.6. The number of carbonyl (C=O) groups excluding carboxylic acids is 4. The molecule has 5 N–H and O–H groups in total. The second-order valence-corrected chi connectivity index (χ2v) is 21.7. The van der Waals surface area contributed by atoms with Crippen molar-refractivity contribution in [1.29, 1.82) is 0 Å². The Bertz CT molecular complexity index is 3050. The Hall–Kier alpha value is -7.07. The fraction of sp³-hybridized carbons (Fsp3) is 0.458. The van der Waals surface area contributed by atoms with E-state index in [9.17, 15) is 24.3 Å². The first-order valence-electron chi connectivity index (χ1n) is 27.1. The Morgan fingerprint density at radius 1 is 0.825 bits per heavy atom. The van der Waals surface area contributed by atoms with E-state index in [-0.39, 0.29) is 57.8 Å². The Kier molecular flexibility index (Phi) is 20.2. The van der Waals surface area contributed by atoms with Crippen LogP contribution in [0.4, 0.5) is 5.69 Å². The predicted molar refractivity (Wildman–Crippen MR) is 304 cm³/mol. The van der Waals surface area contributed by atoms with Gasteiger partial charge in [-0.25, -0.2) is 0 Å². The number of halogens is 1. The summed E-state index contributed by atoms with van der Waals surface area (Å²) in [4.78, 5) is 68.4. The molecule has 0 aliphatic carbocycles. The summed E-state index contributed by atoms with van der Waals surface area (Å²) in [6, 6.07) is 20.2. The van der Waals surface area contributed by atoms with Crippen molar-refractivity contribution in [2.24, 2.45) is 15.4 Å². The molecule has 2 unspecified atom stereocenters. The number of ether oxygens (including phenoxy) is 5. The number of fused-ring (bicyclic) bond motifs is 3. The number of aliphatic imine (C=N–C) groups is 2. The Morgan fingerprint density at radius 2 is 1.51 bits per heavy atom. The number of allylic oxidation sites excluding steroid dienone is 2. The van der Waals surface area contributed by atoms with E-state index in [1.54, 1.807) is 24.3 Å². The molecule has 3 aliphatic rings. The number of aryl methyl sites for hydroxylation is 2. The van der Waals surface area contributed by atoms with Gasteiger partial charge in [-0.3, -0.25) is 33.7 Å². The molecular weight excluding hydrogens is 1040 g/mol. The van der Waals surface area contributed by atoms with E-state index >= 15 is 0 Å². The number of rotatable bonds is 26. The number of likely N-dealkylation sites (tertiary alicyclic amines) is 1. The van der Waals surface area contributed by atoms with Crippen molar-refractivity contribution >= 4 is 58.4 Å². The molecule has 80 heavy (non-hydrogen) atoms. The number of aromatic nitrogens is 4. The van der Waals surface area contributed by atoms with Crippen molar-refractivity contribution < 1.29 is 48.0 Å². The number of hydrogen-bond donors (Lipinski definition) is 5. The van der Waals surface area contributed by atoms with Crippen LogP contribution in [0.25, 0.3) is 11.4 Å². The maximum Gasteiger partial charge on any atom is 0.246 e. The van der Waals surface area contributed by atoms with Crippen molar-refractivity contribution in [3.63, 3.8) is 0 Å². The molecule has 0 radical (unpaired) electrons. The largest absolute Gasteiger partial charge is 0.494 e. The third-order valence-electron chi connectivity index (χ3n) is 14.1. The van der Waals surface area contributed by atoms with Crippen molar-refractivity contribution in [2.75, 3.05) is 64.9 Å². The molecule has 0 bridgehead atoms. The lowest BCUT2D eigenvalue weighted by atomic mass is 9.85. The Labute approximate surface area is 471 Å². The molecule has 5 aromatic rings. The molecule has 1 saturated heterocycles. The van der Waals surface area contributed by atoms with Gasteiger partial charge in [0.25, 0.3) is 0 Å². The SMILES string of the molecule is CC1=C(c2ccc(CNC(=O)[C@@H]3C[C@@H](O)CN3C(=O)C(NC(=O)COCCCOCCOCOCCCOc3ccc(NC(=O)CC4N=C(c5ccc(Cl)cc5)c5c([nH]c(C)c5C)-n5c(C)nnc54)cc3)C(C)(C)C)cc2)CC=N1. The molecule has 20 nitrogen and oxygen atoms in total. The average molecular weight is 1120 g/mol. The molecule has 0 saturated carbocycles. The minimum Gasteiger partial charge on any atom is -0.494 e. The lowest BCUT2D eigenvalue weighted by Gasteiger charge is -2.35. The highest BCUT2D eigenvalue weighted by Crippen LogP contribution is 2.36. The minimum atomic E-state index is -0.962. The molecule has 3 aliphatic heterocycles. The molecule has 4 atom stereocenters. The van der Waals surface area contributed by atoms with Crippen molar-refractivity contribution in [3.05, 3.63) is 129 Å². The fourth-order valence-corrected chi connectivity index (χ4v) is 9.87. The van der Waals surface area contributed by atoms with Crippen LogP contribution in [0, 0.1) is 26.2 Å². The average Bonchev–Trinajstić information content (AvgIpc) is 4.21. The van der Waals surface area contributed by atoms with E-state index in [2.05, 4.69) is 36.1 Å². The summed E-state index contributed by atoms with van der Waals surface area (Å²) in [6.07, 6.45) is 3.10. The van der Waals surface area contributed by atoms with Gasteiger partial charge in [-0.2, -0.15) is 0 Å². The number of carbonyl (C=O) groups is 4. The Morgan fingerprint density at radius 3 is 2.24 bits per heavy atom. The third kappa shape index (κ3) is 15.2. The molecule has 0 spiro atoms. The predicted octanol–water partition coefficient (Wildman–Crippen LogP) is 7.29. The highest BCUT2D eigenvalue weighted by atomic mass is 35.5. The van der Waals surface area contributed by atoms with Gasteiger partial charge in [-0.15, -0.1) is 10.2 Å². The fourth-order valence-electron chi connectivity index (χ4n) is 9.75. The topological polar surface area (TPSA) is 245 Å². The molecule has 426 valence electrons. The summed E-state index contributed by atoms with van der Waals surface area (Å²) in [5, 5.41) is 28.8. The van der Waals surface area contributed by atoms with Crippen LogP contribution in [0.15, 0.2) is 88.5 Å². The number of nitrogens with zero attached hydrogens (tertiary/aromatic N) is 6. The van der Waals surface area contributed by atoms with Crippen molar-refractivity contribution in [2.45, 2.75) is 111 Å². The Balaban J connectivity index is 0.662. The number of benzene rings is 3. The summed E-state index contributed by atoms with van der Waals surface area (Å²) in [6.45, 7) is 15.7. The zero-order chi connectivity index (χ0) is 56.9. The van der Waals surface area contributed by atoms with Crippen LogP contribution < -0.4 is 20.7 Å². The minimum absolute atomic E-state index is 0.0169. The first-order chi connectivity index (χ1) is 38.4. The molecular formula is C59H73ClN10O10. The lowest BCUT2D eigenvalue weighted by molar-refractivity contribution is -0.144. The normalized spacial score (nSPS) is 17.2. The molecule has 8 rings (SSSR count). The number of aromatic amines is 1. The van der Waals surface area contributed by atoms with Crippen LogP contribution >= 0.6 is 11.6 Å². The maximum atomic E-state index is 14.0. The quantitative estimate of drug-likeness (QED) is 0.0271. The number of amides is 4. The van der Waals surface area contributed by atoms with Crippen LogP contribution in [-0.2, 0) is 44.7 Å². The van der Waals surface area contributed by atoms with E-state index in [4.69, 9.17) is 40.3 Å². The lowest BCUT2D eigenvalue weighted by Crippen LogP contribution is -2.58. The van der Waals surface area contributed by atoms with Crippen LogP contribution in [0.2, 0.25) is 5.02 Å². The van der Waals surface area contributed by atoms with Gasteiger partial charge in [0, 0.05) is 85.0 Å². The monoisotopic (exact) mass is 1120 g/mol. The van der Waals surface area contributed by atoms with Crippen LogP contribution in [0.1, 0.15) is 111 Å². The van der Waals surface area contributed by atoms with Gasteiger partial charge in [0.15, 0.2) is 5.82 Å². The standard InChI is InChI=1S/C59H73ClN10O10/c1-36-37(2)63-56-52(36)53(42-14-16-43(60)17-15-42)65-48(55-68-67-39(4)70(55)56)31-50(72)64-44-18-20-46(21-19-44)80-27-9-26-78-35-79-29-28-76-24-8-25-77-34-51(73)66-54(59(5,6)7)58(75)69-33-45(71)30-49(69)57(74)62-32-40-10-12-41(13-11-40)47-22-23-61-38(47)3/h10-21,23,45,48-49,54,63,71H,8-9,22,24-35H2,1-7H3,(H,62,74)(H,64,72)(H,66,73)/t45-,48?,49+,54?/m1/s1. The molecule has 2 aromatic heterocycles. The van der Waals surface area contributed by atoms with Gasteiger partial charge >= 0.3 is 0 Å². The molecule has 4 amide bonds. The number of aliphatic hydroxyl groups is 1. The third-order valence-corrected chi connectivity index (χ3v) is 14.4. The molecule has 1 fully saturated rings. The second kappa shape index (κ2) is 27.4. The van der Waals surface area contributed by atoms with E-state index in [1.807, 2.05) is 108 Å². The summed E-state index contributed by atoms with van der Waals surface area (Å²) >= 11 is 6.25. The number of anilines is 1. The highest BCUT2D eigenvalue weighted by molar-refractivity contribution is 6.30. The summed E-state index contributed by atoms with van der Waals surface area (Å²) < 4.78 is 30.2. The van der Waals surface area contributed by atoms with E-state index in [0.717, 1.165) is 57.2 Å². The molecule has 21 heteroatoms. The maximum absolute atomic E-state index is 14.0. The number of nitrogens with one attached hydrogen (secondary N) is 4. The van der Waals surface area contributed by atoms with Crippen molar-refractivity contribution in [1.82, 2.24) is 35.3 Å². The molecule has 3 aromatic carbocycles. The van der Waals surface area contributed by atoms with Crippen molar-refractivity contribution in [3.8, 4) is 11.6 Å². The van der Waals surface area contributed by atoms with Crippen LogP contribution in [-0.4, -0.2) is 143 Å². The first-order valence-corrected chi connectivity index (χ1v) is 27.5. The number of hydrogen-bond acceptors (Lipinski definition) is 14. The van der Waals surface area contributed by atoms with Gasteiger partial charge < -0.3 is 54.6 Å². The number of aliphatic hydroxyl groups excluding tert-OH is 1. The highest BCUT2D eigenvalue weighted by Gasteiger charge is 2.44. The zero-order valence-corrected chi connectivity index (χ0v) is 47.4. The van der Waals surface area contributed by atoms with Gasteiger partial charge in [0.2, 0.25) is 23.6 Å². The first kappa shape index (κ1) is 59.1. The summed E-state index contributed by atoms with van der Waals surface area (Å²) in [5.41, 5.74) is 8.66. The van der Waals surface area contributed by atoms with Gasteiger partial charge in [0.05, 0.1) is 44.7 Å². The van der Waals surface area contributed by atoms with Gasteiger partial charge in [-0.1, -0.05) is 68.8 Å². The summed E-state index contributed by atoms with van der Waals surface area (Å²) in [7, 11) is 0. The second-order valence-electron chi connectivity index (χ2n) is 21.2. The number of β-amino-alcohol motifs (C(OH)–C–C–N with tert-alkyl or cyclic N) is 1. The van der Waals surface area contributed by atoms with Crippen LogP contribution in [0.3, 0.4) is 0 Å². The molecule has 5 heterocycles. The van der Waals surface area contributed by atoms with E-state index in [0.29, 0.717) is 74.0 Å². The summed E-state index contributed by atoms with van der Waals surface area (Å²) in [5.74, 6) is 1.20. The van der Waals surface area contributed by atoms with E-state index in [1.165, 1.54) is 10.5 Å². The van der Waals surface area contributed by atoms with Gasteiger partial charge in [-0.05, 0) is 98.2 Å². The van der Waals surface area contributed by atoms with Gasteiger partial charge in [0.1, 0.15) is 48.9 Å². The number of H-pyrrole nitrogens is 1. The smallest absolute Gasteiger partial charge is 0.246 e. The van der Waals surface area contributed by atoms with E-state index < -0.39 is 41.5 Å². The van der Waals surface area contributed by atoms with Crippen LogP contribution in [0.5, 0.6) is 5.75 Å².